The van der Waals surface area contributed by atoms with Gasteiger partial charge in [-0.1, -0.05) is 41.4 Å². The Morgan fingerprint density at radius 1 is 1.05 bits per heavy atom. The molecule has 0 atom stereocenters. The third kappa shape index (κ3) is 7.59. The lowest BCUT2D eigenvalue weighted by Crippen LogP contribution is -2.42. The van der Waals surface area contributed by atoms with E-state index in [0.29, 0.717) is 37.6 Å². The first-order valence-corrected chi connectivity index (χ1v) is 14.3. The Kier molecular flexibility index (Phi) is 9.75. The fourth-order valence-corrected chi connectivity index (χ4v) is 5.56. The van der Waals surface area contributed by atoms with Crippen LogP contribution >= 0.6 is 11.6 Å². The van der Waals surface area contributed by atoms with Crippen LogP contribution in [0.4, 0.5) is 5.69 Å². The maximum atomic E-state index is 13.5. The third-order valence-corrected chi connectivity index (χ3v) is 8.12. The first kappa shape index (κ1) is 29.1. The van der Waals surface area contributed by atoms with Crippen molar-refractivity contribution in [3.63, 3.8) is 0 Å². The summed E-state index contributed by atoms with van der Waals surface area (Å²) in [6, 6.07) is 19.5. The summed E-state index contributed by atoms with van der Waals surface area (Å²) in [7, 11) is -4.10. The minimum absolute atomic E-state index is 0.0308. The van der Waals surface area contributed by atoms with Gasteiger partial charge in [0.1, 0.15) is 12.3 Å². The number of hydrazone groups is 1. The lowest BCUT2D eigenvalue weighted by molar-refractivity contribution is -0.137. The highest BCUT2D eigenvalue weighted by Crippen LogP contribution is 2.30. The van der Waals surface area contributed by atoms with Gasteiger partial charge >= 0.3 is 0 Å². The second kappa shape index (κ2) is 13.4. The molecule has 0 spiro atoms. The highest BCUT2D eigenvalue weighted by atomic mass is 35.5. The van der Waals surface area contributed by atoms with E-state index in [4.69, 9.17) is 21.1 Å². The highest BCUT2D eigenvalue weighted by Gasteiger charge is 2.28. The Morgan fingerprint density at radius 3 is 2.40 bits per heavy atom. The molecule has 0 unspecified atom stereocenters. The number of amides is 2. The number of carbonyl (C=O) groups excluding carboxylic acids is 2. The molecule has 0 saturated carbocycles. The molecule has 0 radical (unpaired) electrons. The molecular weight excluding hydrogens is 556 g/mol. The number of rotatable bonds is 10. The Labute approximate surface area is 238 Å². The van der Waals surface area contributed by atoms with Gasteiger partial charge in [-0.15, -0.1) is 0 Å². The number of ether oxygens (including phenoxy) is 2. The monoisotopic (exact) mass is 584 g/mol. The van der Waals surface area contributed by atoms with Crippen molar-refractivity contribution >= 4 is 45.3 Å². The minimum Gasteiger partial charge on any atom is -0.484 e. The number of nitrogens with zero attached hydrogens (tertiary/aromatic N) is 3. The second-order valence-electron chi connectivity index (χ2n) is 8.92. The molecule has 10 nitrogen and oxygen atoms in total. The Bertz CT molecular complexity index is 1460. The number of aryl methyl sites for hydroxylation is 1. The van der Waals surface area contributed by atoms with Gasteiger partial charge < -0.3 is 14.4 Å². The summed E-state index contributed by atoms with van der Waals surface area (Å²) >= 11 is 6.29. The molecule has 3 aromatic carbocycles. The number of hydrogen-bond acceptors (Lipinski definition) is 7. The predicted molar refractivity (Wildman–Crippen MR) is 152 cm³/mol. The van der Waals surface area contributed by atoms with Crippen molar-refractivity contribution in [2.75, 3.05) is 43.8 Å². The summed E-state index contributed by atoms with van der Waals surface area (Å²) < 4.78 is 38.7. The summed E-state index contributed by atoms with van der Waals surface area (Å²) in [5.41, 5.74) is 4.09. The van der Waals surface area contributed by atoms with E-state index in [2.05, 4.69) is 10.5 Å². The van der Waals surface area contributed by atoms with Crippen LogP contribution in [0, 0.1) is 6.92 Å². The number of nitrogens with one attached hydrogen (secondary N) is 1. The van der Waals surface area contributed by atoms with Gasteiger partial charge in [-0.2, -0.15) is 5.10 Å². The van der Waals surface area contributed by atoms with Crippen LogP contribution in [0.3, 0.4) is 0 Å². The van der Waals surface area contributed by atoms with Gasteiger partial charge in [0.25, 0.3) is 21.8 Å². The predicted octanol–water partition coefficient (Wildman–Crippen LogP) is 3.23. The number of sulfonamides is 1. The van der Waals surface area contributed by atoms with Crippen LogP contribution < -0.4 is 14.5 Å². The molecule has 1 aliphatic rings. The van der Waals surface area contributed by atoms with E-state index >= 15 is 0 Å². The molecule has 40 heavy (non-hydrogen) atoms. The number of benzene rings is 3. The van der Waals surface area contributed by atoms with Crippen LogP contribution in [0.15, 0.2) is 82.8 Å². The summed E-state index contributed by atoms with van der Waals surface area (Å²) in [4.78, 5) is 26.7. The van der Waals surface area contributed by atoms with Gasteiger partial charge in [0.05, 0.1) is 35.0 Å². The van der Waals surface area contributed by atoms with Gasteiger partial charge in [0.2, 0.25) is 0 Å². The van der Waals surface area contributed by atoms with Crippen molar-refractivity contribution in [2.24, 2.45) is 5.10 Å². The summed E-state index contributed by atoms with van der Waals surface area (Å²) in [5.74, 6) is -0.250. The molecular formula is C28H29ClN4O6S. The van der Waals surface area contributed by atoms with E-state index in [9.17, 15) is 18.0 Å². The molecule has 1 fully saturated rings. The van der Waals surface area contributed by atoms with Crippen LogP contribution in [-0.2, 0) is 24.3 Å². The largest absolute Gasteiger partial charge is 0.484 e. The smallest absolute Gasteiger partial charge is 0.264 e. The van der Waals surface area contributed by atoms with Crippen LogP contribution in [0.2, 0.25) is 5.02 Å². The fraction of sp³-hybridized carbons (Fsp3) is 0.250. The van der Waals surface area contributed by atoms with Crippen molar-refractivity contribution in [3.05, 3.63) is 88.9 Å². The maximum absolute atomic E-state index is 13.5. The molecule has 0 bridgehead atoms. The molecule has 2 amide bonds. The summed E-state index contributed by atoms with van der Waals surface area (Å²) in [6.45, 7) is 3.39. The zero-order valence-electron chi connectivity index (χ0n) is 21.8. The average Bonchev–Trinajstić information content (AvgIpc) is 2.96. The molecule has 0 aliphatic carbocycles. The molecule has 1 N–H and O–H groups in total. The minimum atomic E-state index is -4.10. The van der Waals surface area contributed by atoms with E-state index in [1.54, 1.807) is 59.5 Å². The van der Waals surface area contributed by atoms with Gasteiger partial charge in [-0.3, -0.25) is 13.9 Å². The van der Waals surface area contributed by atoms with Crippen molar-refractivity contribution in [2.45, 2.75) is 11.8 Å². The zero-order valence-corrected chi connectivity index (χ0v) is 23.4. The van der Waals surface area contributed by atoms with E-state index in [1.807, 2.05) is 6.92 Å². The molecule has 3 aromatic rings. The molecule has 0 aromatic heterocycles. The Hall–Kier alpha value is -3.93. The standard InChI is InChI=1S/C28H29ClN4O6S/c1-21-6-12-24(13-7-21)40(36,37)33(26-5-3-2-4-25(26)29)19-27(34)31-30-18-22-8-10-23(11-9-22)39-20-28(35)32-14-16-38-17-15-32/h2-13,18H,14-17,19-20H2,1H3,(H,31,34)/b30-18-. The summed E-state index contributed by atoms with van der Waals surface area (Å²) in [5, 5.41) is 4.13. The molecule has 1 aliphatic heterocycles. The molecule has 210 valence electrons. The van der Waals surface area contributed by atoms with E-state index in [1.165, 1.54) is 24.4 Å². The van der Waals surface area contributed by atoms with Crippen molar-refractivity contribution in [1.29, 1.82) is 0 Å². The van der Waals surface area contributed by atoms with E-state index < -0.39 is 22.5 Å². The number of para-hydroxylation sites is 1. The van der Waals surface area contributed by atoms with Crippen LogP contribution in [0.5, 0.6) is 5.75 Å². The van der Waals surface area contributed by atoms with E-state index in [0.717, 1.165) is 9.87 Å². The Balaban J connectivity index is 1.37. The quantitative estimate of drug-likeness (QED) is 0.289. The van der Waals surface area contributed by atoms with E-state index in [-0.39, 0.29) is 28.1 Å². The van der Waals surface area contributed by atoms with Crippen molar-refractivity contribution in [1.82, 2.24) is 10.3 Å². The number of halogens is 1. The second-order valence-corrected chi connectivity index (χ2v) is 11.2. The lowest BCUT2D eigenvalue weighted by Gasteiger charge is -2.26. The molecule has 1 heterocycles. The lowest BCUT2D eigenvalue weighted by atomic mass is 10.2. The summed E-state index contributed by atoms with van der Waals surface area (Å²) in [6.07, 6.45) is 1.41. The van der Waals surface area contributed by atoms with Gasteiger partial charge in [-0.25, -0.2) is 13.8 Å². The fourth-order valence-electron chi connectivity index (χ4n) is 3.83. The number of hydrogen-bond donors (Lipinski definition) is 1. The number of morpholine rings is 1. The maximum Gasteiger partial charge on any atom is 0.264 e. The third-order valence-electron chi connectivity index (χ3n) is 6.03. The zero-order chi connectivity index (χ0) is 28.5. The van der Waals surface area contributed by atoms with Crippen molar-refractivity contribution in [3.8, 4) is 5.75 Å². The normalized spacial score (nSPS) is 13.7. The van der Waals surface area contributed by atoms with Gasteiger partial charge in [0, 0.05) is 13.1 Å². The van der Waals surface area contributed by atoms with Crippen LogP contribution in [0.1, 0.15) is 11.1 Å². The molecule has 1 saturated heterocycles. The van der Waals surface area contributed by atoms with Crippen LogP contribution in [0.25, 0.3) is 0 Å². The topological polar surface area (TPSA) is 118 Å². The molecule has 4 rings (SSSR count). The van der Waals surface area contributed by atoms with Gasteiger partial charge in [0.15, 0.2) is 6.61 Å². The molecule has 12 heteroatoms. The highest BCUT2D eigenvalue weighted by molar-refractivity contribution is 7.92. The number of anilines is 1. The van der Waals surface area contributed by atoms with Crippen LogP contribution in [-0.4, -0.2) is 70.8 Å². The number of carbonyl (C=O) groups is 2. The average molecular weight is 585 g/mol. The van der Waals surface area contributed by atoms with Crippen molar-refractivity contribution < 1.29 is 27.5 Å². The Morgan fingerprint density at radius 2 is 1.73 bits per heavy atom. The SMILES string of the molecule is Cc1ccc(S(=O)(=O)N(CC(=O)N/N=C\c2ccc(OCC(=O)N3CCOCC3)cc2)c2ccccc2Cl)cc1. The first-order chi connectivity index (χ1) is 19.2. The van der Waals surface area contributed by atoms with Gasteiger partial charge in [-0.05, 0) is 61.0 Å². The first-order valence-electron chi connectivity index (χ1n) is 12.5.